The molecule has 1 fully saturated rings. The van der Waals surface area contributed by atoms with E-state index in [1.54, 1.807) is 0 Å². The third-order valence-corrected chi connectivity index (χ3v) is 8.57. The molecule has 0 aliphatic carbocycles. The van der Waals surface area contributed by atoms with Crippen LogP contribution in [-0.2, 0) is 46.1 Å². The lowest BCUT2D eigenvalue weighted by molar-refractivity contribution is -0.166. The molecule has 10 nitrogen and oxygen atoms in total. The van der Waals surface area contributed by atoms with Crippen molar-refractivity contribution in [3.05, 3.63) is 71.8 Å². The fourth-order valence-electron chi connectivity index (χ4n) is 4.60. The summed E-state index contributed by atoms with van der Waals surface area (Å²) in [5.41, 5.74) is 1.83. The Morgan fingerprint density at radius 2 is 1.60 bits per heavy atom. The molecule has 2 aromatic carbocycles. The average Bonchev–Trinajstić information content (AvgIpc) is 3.57. The summed E-state index contributed by atoms with van der Waals surface area (Å²) in [6.45, 7) is 3.51. The second-order valence-corrected chi connectivity index (χ2v) is 12.1. The van der Waals surface area contributed by atoms with E-state index >= 15 is 0 Å². The first kappa shape index (κ1) is 34.5. The number of rotatable bonds is 19. The Morgan fingerprint density at radius 1 is 0.930 bits per heavy atom. The van der Waals surface area contributed by atoms with E-state index in [0.717, 1.165) is 36.8 Å². The average molecular weight is 617 g/mol. The number of unbranched alkanes of at least 4 members (excludes halogenated alkanes) is 3. The second kappa shape index (κ2) is 20.0. The van der Waals surface area contributed by atoms with Crippen molar-refractivity contribution in [2.24, 2.45) is 0 Å². The van der Waals surface area contributed by atoms with Crippen LogP contribution in [0.15, 0.2) is 60.7 Å². The summed E-state index contributed by atoms with van der Waals surface area (Å²) in [7, 11) is -2.85. The molecule has 3 unspecified atom stereocenters. The molecular formula is C32H45N2O8P. The van der Waals surface area contributed by atoms with Crippen LogP contribution in [-0.4, -0.2) is 49.1 Å². The van der Waals surface area contributed by atoms with Crippen molar-refractivity contribution < 1.29 is 37.7 Å². The lowest BCUT2D eigenvalue weighted by Crippen LogP contribution is -2.37. The number of carbonyl (C=O) groups is 3. The van der Waals surface area contributed by atoms with E-state index in [9.17, 15) is 18.9 Å². The third kappa shape index (κ3) is 13.4. The van der Waals surface area contributed by atoms with Crippen LogP contribution in [0.25, 0.3) is 0 Å². The maximum atomic E-state index is 13.4. The number of carbonyl (C=O) groups excluding carboxylic acids is 3. The number of amides is 1. The van der Waals surface area contributed by atoms with Crippen molar-refractivity contribution in [2.45, 2.75) is 95.9 Å². The largest absolute Gasteiger partial charge is 0.445 e. The number of benzene rings is 2. The lowest BCUT2D eigenvalue weighted by atomic mass is 10.1. The van der Waals surface area contributed by atoms with Gasteiger partial charge in [-0.1, -0.05) is 86.8 Å². The molecule has 3 rings (SSSR count). The molecule has 4 atom stereocenters. The molecular weight excluding hydrogens is 571 g/mol. The highest BCUT2D eigenvalue weighted by Crippen LogP contribution is 2.37. The predicted octanol–water partition coefficient (Wildman–Crippen LogP) is 5.89. The van der Waals surface area contributed by atoms with Crippen LogP contribution in [0.1, 0.15) is 75.8 Å². The van der Waals surface area contributed by atoms with Crippen molar-refractivity contribution in [2.75, 3.05) is 13.1 Å². The fourth-order valence-corrected chi connectivity index (χ4v) is 5.91. The van der Waals surface area contributed by atoms with Crippen LogP contribution in [0.5, 0.6) is 0 Å². The standard InChI is InChI=1S/C32H45N2O8P/c1-2-3-6-20-29(39-23-25-14-7-4-8-15-25)43(38)42-28(31(36)41-30(35)27-18-13-22-33-27)19-11-12-21-34-32(37)40-24-26-16-9-5-10-17-26/h4-5,7-10,14-17,27-29,33,43H,2-3,6,11-13,18-24H2,1H3,(H,34,37)/t27-,28?,29?/m0/s1. The first-order valence-electron chi connectivity index (χ1n) is 15.3. The molecule has 1 heterocycles. The summed E-state index contributed by atoms with van der Waals surface area (Å²) < 4.78 is 35.7. The maximum Gasteiger partial charge on any atom is 0.407 e. The smallest absolute Gasteiger partial charge is 0.407 e. The monoisotopic (exact) mass is 616 g/mol. The number of hydrogen-bond acceptors (Lipinski definition) is 9. The van der Waals surface area contributed by atoms with E-state index < -0.39 is 44.1 Å². The second-order valence-electron chi connectivity index (χ2n) is 10.6. The molecule has 2 aromatic rings. The fraction of sp³-hybridized carbons (Fsp3) is 0.531. The van der Waals surface area contributed by atoms with Gasteiger partial charge in [-0.3, -0.25) is 4.57 Å². The van der Waals surface area contributed by atoms with Gasteiger partial charge in [0.1, 0.15) is 18.5 Å². The molecule has 1 saturated heterocycles. The first-order valence-corrected chi connectivity index (χ1v) is 16.6. The highest BCUT2D eigenvalue weighted by Gasteiger charge is 2.32. The van der Waals surface area contributed by atoms with E-state index in [1.165, 1.54) is 0 Å². The first-order chi connectivity index (χ1) is 21.0. The van der Waals surface area contributed by atoms with Crippen LogP contribution in [0, 0.1) is 0 Å². The van der Waals surface area contributed by atoms with Gasteiger partial charge in [0.2, 0.25) is 8.03 Å². The van der Waals surface area contributed by atoms with E-state index in [0.29, 0.717) is 38.8 Å². The number of ether oxygens (including phenoxy) is 3. The summed E-state index contributed by atoms with van der Waals surface area (Å²) in [5, 5.41) is 5.71. The highest BCUT2D eigenvalue weighted by molar-refractivity contribution is 7.39. The number of esters is 2. The molecule has 0 radical (unpaired) electrons. The Hall–Kier alpha value is -3.04. The predicted molar refractivity (Wildman–Crippen MR) is 164 cm³/mol. The zero-order valence-corrected chi connectivity index (χ0v) is 26.0. The maximum absolute atomic E-state index is 13.4. The molecule has 11 heteroatoms. The SMILES string of the molecule is CCCCCC(OCc1ccccc1)[PH](=O)OC(CCCCNC(=O)OCc1ccccc1)C(=O)OC(=O)[C@@H]1CCCN1. The zero-order chi connectivity index (χ0) is 30.7. The lowest BCUT2D eigenvalue weighted by Gasteiger charge is -2.22. The quantitative estimate of drug-likeness (QED) is 0.0859. The summed E-state index contributed by atoms with van der Waals surface area (Å²) in [6.07, 6.45) is 4.09. The van der Waals surface area contributed by atoms with E-state index in [1.807, 2.05) is 60.7 Å². The van der Waals surface area contributed by atoms with Gasteiger partial charge in [-0.15, -0.1) is 0 Å². The molecule has 0 bridgehead atoms. The number of hydrogen-bond donors (Lipinski definition) is 2. The van der Waals surface area contributed by atoms with Gasteiger partial charge in [0, 0.05) is 6.54 Å². The van der Waals surface area contributed by atoms with Gasteiger partial charge in [-0.05, 0) is 56.2 Å². The van der Waals surface area contributed by atoms with Crippen molar-refractivity contribution in [3.8, 4) is 0 Å². The molecule has 2 N–H and O–H groups in total. The van der Waals surface area contributed by atoms with Crippen LogP contribution in [0.2, 0.25) is 0 Å². The van der Waals surface area contributed by atoms with Gasteiger partial charge in [0.15, 0.2) is 6.10 Å². The summed E-state index contributed by atoms with van der Waals surface area (Å²) in [4.78, 5) is 37.6. The van der Waals surface area contributed by atoms with Crippen molar-refractivity contribution in [3.63, 3.8) is 0 Å². The third-order valence-electron chi connectivity index (χ3n) is 7.07. The Bertz CT molecular complexity index is 1130. The molecule has 1 aliphatic rings. The minimum Gasteiger partial charge on any atom is -0.445 e. The van der Waals surface area contributed by atoms with Crippen LogP contribution in [0.4, 0.5) is 4.79 Å². The molecule has 236 valence electrons. The normalized spacial score (nSPS) is 16.6. The van der Waals surface area contributed by atoms with E-state index in [4.69, 9.17) is 18.7 Å². The van der Waals surface area contributed by atoms with E-state index in [-0.39, 0.29) is 19.6 Å². The topological polar surface area (TPSA) is 129 Å². The van der Waals surface area contributed by atoms with Gasteiger partial charge in [-0.25, -0.2) is 14.4 Å². The number of alkyl carbamates (subject to hydrolysis) is 1. The zero-order valence-electron chi connectivity index (χ0n) is 25.0. The Kier molecular flexibility index (Phi) is 16.0. The van der Waals surface area contributed by atoms with E-state index in [2.05, 4.69) is 17.6 Å². The van der Waals surface area contributed by atoms with Crippen molar-refractivity contribution in [1.82, 2.24) is 10.6 Å². The Balaban J connectivity index is 1.53. The van der Waals surface area contributed by atoms with Crippen LogP contribution in [0.3, 0.4) is 0 Å². The molecule has 0 aromatic heterocycles. The van der Waals surface area contributed by atoms with Crippen molar-refractivity contribution in [1.29, 1.82) is 0 Å². The van der Waals surface area contributed by atoms with Gasteiger partial charge in [-0.2, -0.15) is 0 Å². The van der Waals surface area contributed by atoms with Gasteiger partial charge in [0.05, 0.1) is 6.61 Å². The van der Waals surface area contributed by atoms with Gasteiger partial charge in [0.25, 0.3) is 0 Å². The molecule has 43 heavy (non-hydrogen) atoms. The molecule has 1 aliphatic heterocycles. The minimum atomic E-state index is -2.85. The number of nitrogens with one attached hydrogen (secondary N) is 2. The van der Waals surface area contributed by atoms with Crippen molar-refractivity contribution >= 4 is 26.1 Å². The van der Waals surface area contributed by atoms with Gasteiger partial charge < -0.3 is 29.4 Å². The summed E-state index contributed by atoms with van der Waals surface area (Å²) >= 11 is 0. The van der Waals surface area contributed by atoms with Crippen LogP contribution < -0.4 is 10.6 Å². The summed E-state index contributed by atoms with van der Waals surface area (Å²) in [5.74, 6) is -2.19. The minimum absolute atomic E-state index is 0.165. The van der Waals surface area contributed by atoms with Crippen LogP contribution >= 0.6 is 8.03 Å². The highest BCUT2D eigenvalue weighted by atomic mass is 31.1. The van der Waals surface area contributed by atoms with Gasteiger partial charge >= 0.3 is 18.0 Å². The summed E-state index contributed by atoms with van der Waals surface area (Å²) in [6, 6.07) is 18.4. The molecule has 1 amide bonds. The molecule has 0 saturated carbocycles. The Morgan fingerprint density at radius 3 is 2.26 bits per heavy atom. The Labute approximate surface area is 255 Å². The molecule has 0 spiro atoms.